The molecule has 1 atom stereocenters. The van der Waals surface area contributed by atoms with E-state index < -0.39 is 11.9 Å². The van der Waals surface area contributed by atoms with E-state index in [9.17, 15) is 18.0 Å². The summed E-state index contributed by atoms with van der Waals surface area (Å²) in [7, 11) is 0. The van der Waals surface area contributed by atoms with Crippen LogP contribution in [-0.4, -0.2) is 30.0 Å². The molecule has 0 saturated carbocycles. The fourth-order valence-electron chi connectivity index (χ4n) is 2.91. The Labute approximate surface area is 143 Å². The third kappa shape index (κ3) is 4.49. The predicted octanol–water partition coefficient (Wildman–Crippen LogP) is 3.04. The molecule has 3 rings (SSSR count). The van der Waals surface area contributed by atoms with Crippen molar-refractivity contribution in [2.75, 3.05) is 18.0 Å². The number of benzene rings is 1. The Bertz CT molecular complexity index is 717. The highest BCUT2D eigenvalue weighted by Crippen LogP contribution is 2.29. The number of pyridine rings is 1. The van der Waals surface area contributed by atoms with E-state index in [-0.39, 0.29) is 11.9 Å². The molecule has 7 heteroatoms. The van der Waals surface area contributed by atoms with Gasteiger partial charge in [0.2, 0.25) is 5.91 Å². The van der Waals surface area contributed by atoms with Crippen LogP contribution in [0.25, 0.3) is 0 Å². The first-order valence-electron chi connectivity index (χ1n) is 8.03. The molecule has 1 fully saturated rings. The Balaban J connectivity index is 1.54. The number of hydrogen-bond acceptors (Lipinski definition) is 3. The van der Waals surface area contributed by atoms with Gasteiger partial charge in [0, 0.05) is 19.1 Å². The Morgan fingerprint density at radius 1 is 1.20 bits per heavy atom. The zero-order chi connectivity index (χ0) is 17.9. The van der Waals surface area contributed by atoms with Crippen LogP contribution in [0.3, 0.4) is 0 Å². The Morgan fingerprint density at radius 3 is 2.60 bits per heavy atom. The number of alkyl halides is 3. The molecule has 0 bridgehead atoms. The number of aromatic nitrogens is 1. The van der Waals surface area contributed by atoms with E-state index >= 15 is 0 Å². The molecule has 1 aliphatic rings. The van der Waals surface area contributed by atoms with Gasteiger partial charge in [-0.15, -0.1) is 0 Å². The molecule has 1 aromatic heterocycles. The molecule has 0 aliphatic carbocycles. The van der Waals surface area contributed by atoms with Crippen LogP contribution in [0, 0.1) is 0 Å². The predicted molar refractivity (Wildman–Crippen MR) is 88.1 cm³/mol. The van der Waals surface area contributed by atoms with E-state index in [2.05, 4.69) is 10.3 Å². The van der Waals surface area contributed by atoms with Crippen LogP contribution in [-0.2, 0) is 17.4 Å². The van der Waals surface area contributed by atoms with Crippen molar-refractivity contribution in [2.24, 2.45) is 0 Å². The van der Waals surface area contributed by atoms with Crippen molar-refractivity contribution < 1.29 is 18.0 Å². The van der Waals surface area contributed by atoms with Crippen molar-refractivity contribution in [3.63, 3.8) is 0 Å². The minimum atomic E-state index is -4.43. The van der Waals surface area contributed by atoms with Crippen LogP contribution >= 0.6 is 0 Å². The van der Waals surface area contributed by atoms with Crippen LogP contribution in [0.1, 0.15) is 17.7 Å². The monoisotopic (exact) mass is 349 g/mol. The summed E-state index contributed by atoms with van der Waals surface area (Å²) in [5.74, 6) is -0.0522. The van der Waals surface area contributed by atoms with Crippen LogP contribution < -0.4 is 10.2 Å². The highest BCUT2D eigenvalue weighted by Gasteiger charge is 2.32. The maximum atomic E-state index is 12.6. The number of anilines is 1. The van der Waals surface area contributed by atoms with Gasteiger partial charge in [0.05, 0.1) is 18.3 Å². The van der Waals surface area contributed by atoms with Gasteiger partial charge in [-0.2, -0.15) is 13.2 Å². The van der Waals surface area contributed by atoms with Crippen molar-refractivity contribution >= 4 is 11.6 Å². The van der Waals surface area contributed by atoms with Crippen molar-refractivity contribution in [3.8, 4) is 0 Å². The molecule has 4 nitrogen and oxygen atoms in total. The highest BCUT2D eigenvalue weighted by atomic mass is 19.4. The number of hydrogen-bond donors (Lipinski definition) is 1. The third-order valence-corrected chi connectivity index (χ3v) is 4.16. The molecular weight excluding hydrogens is 331 g/mol. The summed E-state index contributed by atoms with van der Waals surface area (Å²) in [5, 5.41) is 2.98. The Morgan fingerprint density at radius 2 is 1.96 bits per heavy atom. The van der Waals surface area contributed by atoms with E-state index in [0.717, 1.165) is 18.1 Å². The maximum absolute atomic E-state index is 12.6. The van der Waals surface area contributed by atoms with Crippen LogP contribution in [0.4, 0.5) is 18.9 Å². The van der Waals surface area contributed by atoms with Gasteiger partial charge in [-0.05, 0) is 24.1 Å². The van der Waals surface area contributed by atoms with Crippen LogP contribution in [0.15, 0.2) is 48.7 Å². The molecule has 0 radical (unpaired) electrons. The second-order valence-electron chi connectivity index (χ2n) is 6.06. The average molecular weight is 349 g/mol. The van der Waals surface area contributed by atoms with E-state index in [1.54, 1.807) is 0 Å². The Hall–Kier alpha value is -2.57. The fraction of sp³-hybridized carbons (Fsp3) is 0.333. The number of halogens is 3. The number of carbonyl (C=O) groups excluding carboxylic acids is 1. The van der Waals surface area contributed by atoms with Gasteiger partial charge < -0.3 is 10.2 Å². The molecule has 1 aromatic carbocycles. The summed E-state index contributed by atoms with van der Waals surface area (Å²) in [5.41, 5.74) is 0.678. The number of amides is 1. The number of nitrogens with one attached hydrogen (secondary N) is 1. The van der Waals surface area contributed by atoms with Gasteiger partial charge >= 0.3 is 6.18 Å². The lowest BCUT2D eigenvalue weighted by atomic mass is 10.1. The lowest BCUT2D eigenvalue weighted by Crippen LogP contribution is -2.38. The zero-order valence-electron chi connectivity index (χ0n) is 13.5. The highest BCUT2D eigenvalue weighted by molar-refractivity contribution is 5.79. The van der Waals surface area contributed by atoms with E-state index in [4.69, 9.17) is 0 Å². The van der Waals surface area contributed by atoms with Crippen molar-refractivity contribution in [1.82, 2.24) is 10.3 Å². The quantitative estimate of drug-likeness (QED) is 0.923. The van der Waals surface area contributed by atoms with Crippen molar-refractivity contribution in [2.45, 2.75) is 25.1 Å². The van der Waals surface area contributed by atoms with Crippen LogP contribution in [0.5, 0.6) is 0 Å². The number of nitrogens with zero attached hydrogens (tertiary/aromatic N) is 2. The van der Waals surface area contributed by atoms with E-state index in [0.29, 0.717) is 25.2 Å². The first kappa shape index (κ1) is 17.3. The molecule has 1 N–H and O–H groups in total. The SMILES string of the molecule is O=C(Cc1ccccc1)NC1CCN(c2ccc(C(F)(F)F)nc2)C1. The zero-order valence-corrected chi connectivity index (χ0v) is 13.5. The first-order valence-corrected chi connectivity index (χ1v) is 8.03. The van der Waals surface area contributed by atoms with Gasteiger partial charge in [-0.25, -0.2) is 4.98 Å². The van der Waals surface area contributed by atoms with E-state index in [1.165, 1.54) is 12.3 Å². The molecule has 1 aliphatic heterocycles. The van der Waals surface area contributed by atoms with Gasteiger partial charge in [-0.3, -0.25) is 4.79 Å². The minimum Gasteiger partial charge on any atom is -0.368 e. The third-order valence-electron chi connectivity index (χ3n) is 4.16. The Kier molecular flexibility index (Phi) is 4.92. The first-order chi connectivity index (χ1) is 11.9. The molecular formula is C18H18F3N3O. The summed E-state index contributed by atoms with van der Waals surface area (Å²) in [6, 6.07) is 11.9. The molecule has 2 heterocycles. The van der Waals surface area contributed by atoms with E-state index in [1.807, 2.05) is 35.2 Å². The standard InChI is InChI=1S/C18H18F3N3O/c19-18(20,21)16-7-6-15(11-22-16)24-9-8-14(12-24)23-17(25)10-13-4-2-1-3-5-13/h1-7,11,14H,8-10,12H2,(H,23,25). The molecule has 132 valence electrons. The average Bonchev–Trinajstić information content (AvgIpc) is 3.03. The maximum Gasteiger partial charge on any atom is 0.433 e. The second kappa shape index (κ2) is 7.13. The summed E-state index contributed by atoms with van der Waals surface area (Å²) in [6.07, 6.45) is -2.13. The minimum absolute atomic E-state index is 0.0153. The normalized spacial score (nSPS) is 17.6. The van der Waals surface area contributed by atoms with Gasteiger partial charge in [0.1, 0.15) is 5.69 Å². The summed E-state index contributed by atoms with van der Waals surface area (Å²) in [6.45, 7) is 1.23. The molecule has 1 saturated heterocycles. The smallest absolute Gasteiger partial charge is 0.368 e. The van der Waals surface area contributed by atoms with Crippen molar-refractivity contribution in [3.05, 3.63) is 59.9 Å². The largest absolute Gasteiger partial charge is 0.433 e. The number of carbonyl (C=O) groups is 1. The van der Waals surface area contributed by atoms with Gasteiger partial charge in [0.25, 0.3) is 0 Å². The van der Waals surface area contributed by atoms with Crippen molar-refractivity contribution in [1.29, 1.82) is 0 Å². The van der Waals surface area contributed by atoms with Gasteiger partial charge in [0.15, 0.2) is 0 Å². The summed E-state index contributed by atoms with van der Waals surface area (Å²) >= 11 is 0. The lowest BCUT2D eigenvalue weighted by Gasteiger charge is -2.19. The fourth-order valence-corrected chi connectivity index (χ4v) is 2.91. The van der Waals surface area contributed by atoms with Crippen LogP contribution in [0.2, 0.25) is 0 Å². The van der Waals surface area contributed by atoms with Gasteiger partial charge in [-0.1, -0.05) is 30.3 Å². The molecule has 1 unspecified atom stereocenters. The molecule has 2 aromatic rings. The summed E-state index contributed by atoms with van der Waals surface area (Å²) < 4.78 is 37.7. The molecule has 25 heavy (non-hydrogen) atoms. The lowest BCUT2D eigenvalue weighted by molar-refractivity contribution is -0.141. The summed E-state index contributed by atoms with van der Waals surface area (Å²) in [4.78, 5) is 17.5. The topological polar surface area (TPSA) is 45.2 Å². The molecule has 1 amide bonds. The molecule has 0 spiro atoms. The second-order valence-corrected chi connectivity index (χ2v) is 6.06. The number of rotatable bonds is 4.